The lowest BCUT2D eigenvalue weighted by Crippen LogP contribution is -2.46. The highest BCUT2D eigenvalue weighted by Gasteiger charge is 2.15. The Hall–Kier alpha value is -0.410. The largest absolute Gasteiger partial charge is 0.301 e. The Morgan fingerprint density at radius 3 is 2.00 bits per heavy atom. The molecular weight excluding hydrogens is 188 g/mol. The Morgan fingerprint density at radius 2 is 1.53 bits per heavy atom. The van der Waals surface area contributed by atoms with Crippen LogP contribution in [0.15, 0.2) is 0 Å². The highest BCUT2D eigenvalue weighted by molar-refractivity contribution is 5.50. The number of hydrogen-bond donors (Lipinski definition) is 0. The molecule has 1 heterocycles. The Bertz CT molecular complexity index is 165. The second-order valence-corrected chi connectivity index (χ2v) is 4.28. The van der Waals surface area contributed by atoms with Crippen LogP contribution in [-0.4, -0.2) is 55.4 Å². The second kappa shape index (κ2) is 7.83. The molecule has 87 valence electrons. The molecule has 0 bridgehead atoms. The molecule has 0 aliphatic carbocycles. The van der Waals surface area contributed by atoms with Crippen LogP contribution >= 0.6 is 0 Å². The van der Waals surface area contributed by atoms with Crippen LogP contribution in [0.3, 0.4) is 0 Å². The van der Waals surface area contributed by atoms with E-state index in [1.807, 2.05) is 6.29 Å². The van der Waals surface area contributed by atoms with Crippen LogP contribution < -0.4 is 0 Å². The topological polar surface area (TPSA) is 23.6 Å². The van der Waals surface area contributed by atoms with Gasteiger partial charge in [0.2, 0.25) is 0 Å². The third-order valence-corrected chi connectivity index (χ3v) is 3.05. The van der Waals surface area contributed by atoms with Gasteiger partial charge in [0.05, 0.1) is 0 Å². The van der Waals surface area contributed by atoms with Crippen LogP contribution in [0.4, 0.5) is 0 Å². The first kappa shape index (κ1) is 12.7. The molecule has 1 aliphatic heterocycles. The second-order valence-electron chi connectivity index (χ2n) is 4.28. The van der Waals surface area contributed by atoms with Crippen LogP contribution in [0.25, 0.3) is 0 Å². The molecule has 1 radical (unpaired) electrons. The van der Waals surface area contributed by atoms with E-state index in [4.69, 9.17) is 0 Å². The normalized spacial score (nSPS) is 19.3. The summed E-state index contributed by atoms with van der Waals surface area (Å²) in [6.07, 6.45) is 6.13. The van der Waals surface area contributed by atoms with E-state index in [9.17, 15) is 4.79 Å². The molecule has 3 nitrogen and oxygen atoms in total. The fourth-order valence-electron chi connectivity index (χ4n) is 1.99. The van der Waals surface area contributed by atoms with E-state index in [0.29, 0.717) is 6.42 Å². The van der Waals surface area contributed by atoms with Crippen molar-refractivity contribution >= 4 is 6.29 Å². The maximum atomic E-state index is 10.1. The van der Waals surface area contributed by atoms with Gasteiger partial charge in [-0.25, -0.2) is 0 Å². The monoisotopic (exact) mass is 211 g/mol. The standard InChI is InChI=1S/C12H23N2O/c1-2-3-6-13-8-10-14(11-9-13)7-4-5-12-15/h2-11H2,1H3. The summed E-state index contributed by atoms with van der Waals surface area (Å²) in [5.74, 6) is 0. The summed E-state index contributed by atoms with van der Waals surface area (Å²) in [7, 11) is 0. The van der Waals surface area contributed by atoms with Crippen molar-refractivity contribution in [2.24, 2.45) is 0 Å². The zero-order chi connectivity index (χ0) is 10.9. The molecule has 3 heteroatoms. The Morgan fingerprint density at radius 1 is 1.00 bits per heavy atom. The molecule has 1 fully saturated rings. The summed E-state index contributed by atoms with van der Waals surface area (Å²) in [5, 5.41) is 0. The quantitative estimate of drug-likeness (QED) is 0.593. The van der Waals surface area contributed by atoms with Crippen LogP contribution in [0.5, 0.6) is 0 Å². The van der Waals surface area contributed by atoms with Crippen LogP contribution in [-0.2, 0) is 4.79 Å². The van der Waals surface area contributed by atoms with Crippen molar-refractivity contribution in [1.82, 2.24) is 9.80 Å². The van der Waals surface area contributed by atoms with Gasteiger partial charge in [-0.15, -0.1) is 0 Å². The average molecular weight is 211 g/mol. The van der Waals surface area contributed by atoms with Crippen LogP contribution in [0, 0.1) is 0 Å². The molecule has 0 aromatic rings. The third-order valence-electron chi connectivity index (χ3n) is 3.05. The SMILES string of the molecule is CCCCN1CCN(CCC[C]=O)CC1. The average Bonchev–Trinajstić information content (AvgIpc) is 2.28. The molecule has 0 spiro atoms. The Kier molecular flexibility index (Phi) is 6.60. The summed E-state index contributed by atoms with van der Waals surface area (Å²) in [4.78, 5) is 15.1. The summed E-state index contributed by atoms with van der Waals surface area (Å²) in [6, 6.07) is 0. The van der Waals surface area contributed by atoms with Crippen molar-refractivity contribution in [2.75, 3.05) is 39.3 Å². The van der Waals surface area contributed by atoms with Gasteiger partial charge in [-0.05, 0) is 25.9 Å². The fourth-order valence-corrected chi connectivity index (χ4v) is 1.99. The molecule has 1 rings (SSSR count). The highest BCUT2D eigenvalue weighted by atomic mass is 16.1. The van der Waals surface area contributed by atoms with Crippen molar-refractivity contribution in [3.05, 3.63) is 0 Å². The lowest BCUT2D eigenvalue weighted by molar-refractivity contribution is 0.130. The molecule has 0 aromatic carbocycles. The van der Waals surface area contributed by atoms with E-state index in [1.54, 1.807) is 0 Å². The lowest BCUT2D eigenvalue weighted by Gasteiger charge is -2.34. The van der Waals surface area contributed by atoms with E-state index in [2.05, 4.69) is 16.7 Å². The first-order valence-electron chi connectivity index (χ1n) is 6.16. The van der Waals surface area contributed by atoms with Gasteiger partial charge in [-0.1, -0.05) is 13.3 Å². The first-order chi connectivity index (χ1) is 7.36. The fraction of sp³-hybridized carbons (Fsp3) is 0.917. The minimum atomic E-state index is 0.593. The van der Waals surface area contributed by atoms with Gasteiger partial charge in [-0.3, -0.25) is 4.79 Å². The lowest BCUT2D eigenvalue weighted by atomic mass is 10.2. The van der Waals surface area contributed by atoms with Gasteiger partial charge in [0.15, 0.2) is 6.29 Å². The van der Waals surface area contributed by atoms with E-state index in [-0.39, 0.29) is 0 Å². The Balaban J connectivity index is 2.04. The van der Waals surface area contributed by atoms with Gasteiger partial charge in [0, 0.05) is 32.6 Å². The van der Waals surface area contributed by atoms with Crippen molar-refractivity contribution in [3.8, 4) is 0 Å². The van der Waals surface area contributed by atoms with Gasteiger partial charge in [0.25, 0.3) is 0 Å². The van der Waals surface area contributed by atoms with Crippen LogP contribution in [0.2, 0.25) is 0 Å². The zero-order valence-corrected chi connectivity index (χ0v) is 9.87. The van der Waals surface area contributed by atoms with Gasteiger partial charge >= 0.3 is 0 Å². The maximum Gasteiger partial charge on any atom is 0.198 e. The van der Waals surface area contributed by atoms with Crippen molar-refractivity contribution in [2.45, 2.75) is 32.6 Å². The van der Waals surface area contributed by atoms with Gasteiger partial charge in [0.1, 0.15) is 0 Å². The maximum absolute atomic E-state index is 10.1. The zero-order valence-electron chi connectivity index (χ0n) is 9.87. The predicted octanol–water partition coefficient (Wildman–Crippen LogP) is 1.29. The molecule has 0 aromatic heterocycles. The third kappa shape index (κ3) is 5.28. The van der Waals surface area contributed by atoms with Crippen molar-refractivity contribution in [3.63, 3.8) is 0 Å². The predicted molar refractivity (Wildman–Crippen MR) is 62.7 cm³/mol. The summed E-state index contributed by atoms with van der Waals surface area (Å²) >= 11 is 0. The molecule has 15 heavy (non-hydrogen) atoms. The minimum Gasteiger partial charge on any atom is -0.301 e. The molecule has 0 atom stereocenters. The summed E-state index contributed by atoms with van der Waals surface area (Å²) in [5.41, 5.74) is 0. The highest BCUT2D eigenvalue weighted by Crippen LogP contribution is 2.04. The number of unbranched alkanes of at least 4 members (excludes halogenated alkanes) is 2. The van der Waals surface area contributed by atoms with E-state index >= 15 is 0 Å². The number of rotatable bonds is 7. The molecule has 1 aliphatic rings. The van der Waals surface area contributed by atoms with Gasteiger partial charge < -0.3 is 9.80 Å². The summed E-state index contributed by atoms with van der Waals surface area (Å²) in [6.45, 7) is 9.30. The van der Waals surface area contributed by atoms with E-state index < -0.39 is 0 Å². The minimum absolute atomic E-state index is 0.593. The van der Waals surface area contributed by atoms with Crippen molar-refractivity contribution < 1.29 is 4.79 Å². The molecule has 0 amide bonds. The number of piperazine rings is 1. The molecule has 0 unspecified atom stereocenters. The van der Waals surface area contributed by atoms with E-state index in [1.165, 1.54) is 45.6 Å². The molecule has 0 saturated carbocycles. The molecule has 0 N–H and O–H groups in total. The Labute approximate surface area is 93.4 Å². The number of hydrogen-bond acceptors (Lipinski definition) is 3. The smallest absolute Gasteiger partial charge is 0.198 e. The summed E-state index contributed by atoms with van der Waals surface area (Å²) < 4.78 is 0. The number of carbonyl (C=O) groups excluding carboxylic acids is 1. The molecular formula is C12H23N2O. The number of nitrogens with zero attached hydrogens (tertiary/aromatic N) is 2. The van der Waals surface area contributed by atoms with Gasteiger partial charge in [-0.2, -0.15) is 0 Å². The van der Waals surface area contributed by atoms with Crippen LogP contribution in [0.1, 0.15) is 32.6 Å². The molecule has 1 saturated heterocycles. The first-order valence-corrected chi connectivity index (χ1v) is 6.16. The van der Waals surface area contributed by atoms with Crippen molar-refractivity contribution in [1.29, 1.82) is 0 Å². The van der Waals surface area contributed by atoms with E-state index in [0.717, 1.165) is 13.0 Å².